The van der Waals surface area contributed by atoms with Crippen LogP contribution in [-0.2, 0) is 23.1 Å². The number of likely N-dealkylation sites (N-methyl/N-ethyl adjacent to an activating group) is 1. The molecule has 0 bridgehead atoms. The molecular weight excluding hydrogens is 542 g/mol. The maximum Gasteiger partial charge on any atom is 0.414 e. The van der Waals surface area contributed by atoms with E-state index in [0.29, 0.717) is 17.5 Å². The van der Waals surface area contributed by atoms with Crippen molar-refractivity contribution in [3.63, 3.8) is 0 Å². The Bertz CT molecular complexity index is 1560. The highest BCUT2D eigenvalue weighted by Crippen LogP contribution is 2.28. The molecule has 222 valence electrons. The Morgan fingerprint density at radius 1 is 0.929 bits per heavy atom. The fourth-order valence-corrected chi connectivity index (χ4v) is 4.22. The van der Waals surface area contributed by atoms with Crippen LogP contribution >= 0.6 is 0 Å². The third-order valence-electron chi connectivity index (χ3n) is 6.52. The van der Waals surface area contributed by atoms with E-state index in [1.807, 2.05) is 42.5 Å². The van der Waals surface area contributed by atoms with Gasteiger partial charge < -0.3 is 33.9 Å². The van der Waals surface area contributed by atoms with E-state index >= 15 is 0 Å². The molecule has 0 saturated heterocycles. The molecular formula is C31H35N3O8. The number of methoxy groups -OCH3 is 2. The lowest BCUT2D eigenvalue weighted by molar-refractivity contribution is -0.159. The van der Waals surface area contributed by atoms with Gasteiger partial charge in [-0.25, -0.2) is 9.59 Å². The summed E-state index contributed by atoms with van der Waals surface area (Å²) in [7, 11) is 7.21. The van der Waals surface area contributed by atoms with E-state index in [9.17, 15) is 4.79 Å². The number of carbonyl (C=O) groups is 2. The largest absolute Gasteiger partial charge is 0.494 e. The number of pyridine rings is 2. The Hall–Kier alpha value is -4.90. The van der Waals surface area contributed by atoms with E-state index < -0.39 is 11.9 Å². The fourth-order valence-electron chi connectivity index (χ4n) is 4.22. The molecule has 0 unspecified atom stereocenters. The molecule has 0 amide bonds. The van der Waals surface area contributed by atoms with Crippen molar-refractivity contribution in [2.24, 2.45) is 7.05 Å². The summed E-state index contributed by atoms with van der Waals surface area (Å²) in [6.07, 6.45) is 3.57. The number of hydrogen-bond acceptors (Lipinski definition) is 8. The highest BCUT2D eigenvalue weighted by Gasteiger charge is 2.10. The van der Waals surface area contributed by atoms with Gasteiger partial charge in [-0.1, -0.05) is 6.07 Å². The highest BCUT2D eigenvalue weighted by atomic mass is 16.5. The third kappa shape index (κ3) is 8.55. The van der Waals surface area contributed by atoms with Crippen LogP contribution in [0.3, 0.4) is 0 Å². The monoisotopic (exact) mass is 577 g/mol. The van der Waals surface area contributed by atoms with Crippen LogP contribution in [0.2, 0.25) is 0 Å². The lowest BCUT2D eigenvalue weighted by Crippen LogP contribution is -2.23. The maximum atomic E-state index is 12.7. The zero-order valence-corrected chi connectivity index (χ0v) is 24.1. The van der Waals surface area contributed by atoms with E-state index in [4.69, 9.17) is 34.0 Å². The Labute approximate surface area is 243 Å². The molecule has 11 heteroatoms. The Morgan fingerprint density at radius 3 is 2.26 bits per heavy atom. The minimum Gasteiger partial charge on any atom is -0.494 e. The number of carboxylic acid groups (broad SMARTS) is 2. The summed E-state index contributed by atoms with van der Waals surface area (Å²) in [6, 6.07) is 19.5. The SMILES string of the molecule is COc1ccc(CCN(C)CCCOc2ccc(-c3cc4ncccc4c(=O)n3C)cc2)cc1OC.O=C(O)C(=O)O. The molecule has 0 fully saturated rings. The lowest BCUT2D eigenvalue weighted by Gasteiger charge is -2.17. The van der Waals surface area contributed by atoms with Gasteiger partial charge in [0.15, 0.2) is 11.5 Å². The van der Waals surface area contributed by atoms with Gasteiger partial charge in [0, 0.05) is 26.3 Å². The van der Waals surface area contributed by atoms with Crippen molar-refractivity contribution in [2.75, 3.05) is 41.0 Å². The van der Waals surface area contributed by atoms with Crippen LogP contribution in [0.1, 0.15) is 12.0 Å². The first-order valence-electron chi connectivity index (χ1n) is 13.2. The molecule has 4 aromatic rings. The summed E-state index contributed by atoms with van der Waals surface area (Å²) in [5, 5.41) is 15.4. The van der Waals surface area contributed by atoms with Crippen molar-refractivity contribution in [3.8, 4) is 28.5 Å². The molecule has 0 spiro atoms. The number of ether oxygens (including phenoxy) is 3. The van der Waals surface area contributed by atoms with Crippen molar-refractivity contribution in [2.45, 2.75) is 12.8 Å². The van der Waals surface area contributed by atoms with E-state index in [-0.39, 0.29) is 5.56 Å². The first-order valence-corrected chi connectivity index (χ1v) is 13.2. The summed E-state index contributed by atoms with van der Waals surface area (Å²) >= 11 is 0. The van der Waals surface area contributed by atoms with Crippen LogP contribution in [0.4, 0.5) is 0 Å². The number of rotatable bonds is 11. The van der Waals surface area contributed by atoms with E-state index in [0.717, 1.165) is 54.4 Å². The highest BCUT2D eigenvalue weighted by molar-refractivity contribution is 6.27. The zero-order valence-electron chi connectivity index (χ0n) is 24.1. The molecule has 11 nitrogen and oxygen atoms in total. The van der Waals surface area contributed by atoms with E-state index in [1.54, 1.807) is 44.2 Å². The molecule has 2 aromatic heterocycles. The van der Waals surface area contributed by atoms with E-state index in [2.05, 4.69) is 23.0 Å². The summed E-state index contributed by atoms with van der Waals surface area (Å²) in [5.74, 6) is -1.32. The van der Waals surface area contributed by atoms with Crippen LogP contribution in [0.25, 0.3) is 22.2 Å². The molecule has 4 rings (SSSR count). The molecule has 42 heavy (non-hydrogen) atoms. The fraction of sp³-hybridized carbons (Fsp3) is 0.290. The number of nitrogens with zero attached hydrogens (tertiary/aromatic N) is 3. The molecule has 2 N–H and O–H groups in total. The van der Waals surface area contributed by atoms with Crippen LogP contribution in [0.15, 0.2) is 71.7 Å². The van der Waals surface area contributed by atoms with Crippen LogP contribution in [0.5, 0.6) is 17.2 Å². The Morgan fingerprint density at radius 2 is 1.62 bits per heavy atom. The lowest BCUT2D eigenvalue weighted by atomic mass is 10.1. The number of aromatic nitrogens is 2. The molecule has 0 aliphatic carbocycles. The van der Waals surface area contributed by atoms with Crippen molar-refractivity contribution < 1.29 is 34.0 Å². The van der Waals surface area contributed by atoms with Gasteiger partial charge in [-0.05, 0) is 85.6 Å². The van der Waals surface area contributed by atoms with Gasteiger partial charge >= 0.3 is 11.9 Å². The first-order chi connectivity index (χ1) is 20.1. The molecule has 0 saturated carbocycles. The van der Waals surface area contributed by atoms with Gasteiger partial charge in [0.05, 0.1) is 37.4 Å². The predicted molar refractivity (Wildman–Crippen MR) is 159 cm³/mol. The average Bonchev–Trinajstić information content (AvgIpc) is 3.00. The minimum absolute atomic E-state index is 0.0498. The van der Waals surface area contributed by atoms with Gasteiger partial charge in [0.2, 0.25) is 0 Å². The zero-order chi connectivity index (χ0) is 30.6. The Kier molecular flexibility index (Phi) is 11.4. The van der Waals surface area contributed by atoms with Gasteiger partial charge in [0.25, 0.3) is 5.56 Å². The van der Waals surface area contributed by atoms with Gasteiger partial charge in [-0.15, -0.1) is 0 Å². The second-order valence-corrected chi connectivity index (χ2v) is 9.41. The number of carboxylic acids is 2. The van der Waals surface area contributed by atoms with Gasteiger partial charge in [-0.3, -0.25) is 9.78 Å². The van der Waals surface area contributed by atoms with Crippen LogP contribution in [-0.4, -0.2) is 77.6 Å². The van der Waals surface area contributed by atoms with Crippen molar-refractivity contribution in [3.05, 3.63) is 82.8 Å². The second kappa shape index (κ2) is 15.2. The molecule has 2 heterocycles. The van der Waals surface area contributed by atoms with Crippen LogP contribution < -0.4 is 19.8 Å². The predicted octanol–water partition coefficient (Wildman–Crippen LogP) is 3.72. The summed E-state index contributed by atoms with van der Waals surface area (Å²) in [6.45, 7) is 2.53. The number of hydrogen-bond donors (Lipinski definition) is 2. The first kappa shape index (κ1) is 31.6. The molecule has 2 aromatic carbocycles. The summed E-state index contributed by atoms with van der Waals surface area (Å²) in [5.41, 5.74) is 3.64. The van der Waals surface area contributed by atoms with Gasteiger partial charge in [-0.2, -0.15) is 0 Å². The molecule has 0 radical (unpaired) electrons. The topological polar surface area (TPSA) is 140 Å². The van der Waals surface area contributed by atoms with Crippen molar-refractivity contribution >= 4 is 22.8 Å². The second-order valence-electron chi connectivity index (χ2n) is 9.41. The average molecular weight is 578 g/mol. The number of aliphatic carboxylic acids is 2. The van der Waals surface area contributed by atoms with Crippen molar-refractivity contribution in [1.29, 1.82) is 0 Å². The maximum absolute atomic E-state index is 12.7. The standard InChI is InChI=1S/C29H33N3O4.C2H2O4/c1-31(17-14-21-8-13-27(34-3)28(19-21)35-4)16-6-18-36-23-11-9-22(10-12-23)26-20-25-24(7-5-15-30-25)29(33)32(26)2;3-1(4)2(5)6/h5,7-13,15,19-20H,6,14,16-18H2,1-4H3;(H,3,4)(H,5,6). The Balaban J connectivity index is 0.000000730. The van der Waals surface area contributed by atoms with Crippen LogP contribution in [0, 0.1) is 0 Å². The quantitative estimate of drug-likeness (QED) is 0.200. The van der Waals surface area contributed by atoms with E-state index in [1.165, 1.54) is 5.56 Å². The minimum atomic E-state index is -1.82. The third-order valence-corrected chi connectivity index (χ3v) is 6.52. The van der Waals surface area contributed by atoms with Gasteiger partial charge in [0.1, 0.15) is 5.75 Å². The van der Waals surface area contributed by atoms with Crippen molar-refractivity contribution in [1.82, 2.24) is 14.5 Å². The molecule has 0 aliphatic rings. The normalized spacial score (nSPS) is 10.6. The smallest absolute Gasteiger partial charge is 0.414 e. The molecule has 0 atom stereocenters. The molecule has 0 aliphatic heterocycles. The summed E-state index contributed by atoms with van der Waals surface area (Å²) in [4.78, 5) is 37.5. The number of fused-ring (bicyclic) bond motifs is 1. The summed E-state index contributed by atoms with van der Waals surface area (Å²) < 4.78 is 18.3. The number of benzene rings is 2.